The Morgan fingerprint density at radius 2 is 2.44 bits per heavy atom. The Morgan fingerprint density at radius 3 is 3.19 bits per heavy atom. The van der Waals surface area contributed by atoms with Crippen LogP contribution in [-0.2, 0) is 5.75 Å². The predicted octanol–water partition coefficient (Wildman–Crippen LogP) is 2.18. The van der Waals surface area contributed by atoms with E-state index < -0.39 is 0 Å². The molecule has 1 fully saturated rings. The predicted molar refractivity (Wildman–Crippen MR) is 65.6 cm³/mol. The Labute approximate surface area is 101 Å². The first-order valence-electron chi connectivity index (χ1n) is 5.93. The van der Waals surface area contributed by atoms with Crippen LogP contribution in [0, 0.1) is 0 Å². The Bertz CT molecular complexity index is 329. The minimum Gasteiger partial charge on any atom is -0.339 e. The van der Waals surface area contributed by atoms with Gasteiger partial charge in [-0.05, 0) is 32.1 Å². The van der Waals surface area contributed by atoms with Gasteiger partial charge in [-0.2, -0.15) is 16.7 Å². The molecule has 1 aliphatic rings. The fourth-order valence-corrected chi connectivity index (χ4v) is 2.55. The van der Waals surface area contributed by atoms with Crippen LogP contribution >= 0.6 is 11.8 Å². The molecule has 1 N–H and O–H groups in total. The van der Waals surface area contributed by atoms with Crippen molar-refractivity contribution in [3.05, 3.63) is 11.7 Å². The van der Waals surface area contributed by atoms with Crippen LogP contribution in [0.5, 0.6) is 0 Å². The van der Waals surface area contributed by atoms with Crippen LogP contribution in [0.25, 0.3) is 0 Å². The third-order valence-corrected chi connectivity index (χ3v) is 3.76. The van der Waals surface area contributed by atoms with Gasteiger partial charge >= 0.3 is 0 Å². The topological polar surface area (TPSA) is 51.0 Å². The molecule has 1 saturated heterocycles. The Balaban J connectivity index is 1.95. The summed E-state index contributed by atoms with van der Waals surface area (Å²) in [5.41, 5.74) is 0. The van der Waals surface area contributed by atoms with Crippen molar-refractivity contribution in [3.63, 3.8) is 0 Å². The average molecular weight is 241 g/mol. The number of nitrogens with one attached hydrogen (secondary N) is 1. The van der Waals surface area contributed by atoms with E-state index in [2.05, 4.69) is 29.3 Å². The smallest absolute Gasteiger partial charge is 0.229 e. The molecule has 2 unspecified atom stereocenters. The van der Waals surface area contributed by atoms with Crippen LogP contribution in [0.1, 0.15) is 44.3 Å². The van der Waals surface area contributed by atoms with E-state index in [1.165, 1.54) is 0 Å². The molecular formula is C11H19N3OS. The van der Waals surface area contributed by atoms with Crippen LogP contribution in [0.15, 0.2) is 4.52 Å². The molecule has 90 valence electrons. The minimum atomic E-state index is 0.448. The number of aromatic nitrogens is 2. The van der Waals surface area contributed by atoms with Gasteiger partial charge in [0.15, 0.2) is 5.82 Å². The summed E-state index contributed by atoms with van der Waals surface area (Å²) in [6, 6.07) is 0.555. The van der Waals surface area contributed by atoms with E-state index >= 15 is 0 Å². The third kappa shape index (κ3) is 2.98. The maximum atomic E-state index is 5.35. The van der Waals surface area contributed by atoms with Gasteiger partial charge in [0.05, 0.1) is 5.75 Å². The van der Waals surface area contributed by atoms with Gasteiger partial charge in [0.25, 0.3) is 0 Å². The fraction of sp³-hybridized carbons (Fsp3) is 0.818. The van der Waals surface area contributed by atoms with Gasteiger partial charge in [-0.1, -0.05) is 12.1 Å². The molecule has 0 spiro atoms. The fourth-order valence-electron chi connectivity index (χ4n) is 2.04. The highest BCUT2D eigenvalue weighted by Crippen LogP contribution is 2.26. The number of nitrogens with zero attached hydrogens (tertiary/aromatic N) is 2. The van der Waals surface area contributed by atoms with Crippen LogP contribution < -0.4 is 5.32 Å². The first kappa shape index (κ1) is 11.9. The standard InChI is InChI=1S/C11H19N3OS/c1-3-16-7-10-13-11(15-14-10)9-4-5-12-8(2)6-9/h8-9,12H,3-7H2,1-2H3. The molecule has 2 rings (SSSR count). The molecule has 2 atom stereocenters. The van der Waals surface area contributed by atoms with Crippen molar-refractivity contribution in [3.8, 4) is 0 Å². The first-order chi connectivity index (χ1) is 7.79. The second-order valence-electron chi connectivity index (χ2n) is 4.26. The normalized spacial score (nSPS) is 25.9. The van der Waals surface area contributed by atoms with E-state index in [-0.39, 0.29) is 0 Å². The molecule has 0 bridgehead atoms. The summed E-state index contributed by atoms with van der Waals surface area (Å²) in [7, 11) is 0. The van der Waals surface area contributed by atoms with Crippen LogP contribution in [0.4, 0.5) is 0 Å². The minimum absolute atomic E-state index is 0.448. The van der Waals surface area contributed by atoms with Gasteiger partial charge in [0, 0.05) is 12.0 Å². The zero-order chi connectivity index (χ0) is 11.4. The molecule has 0 aliphatic carbocycles. The molecule has 0 radical (unpaired) electrons. The molecule has 1 aromatic rings. The van der Waals surface area contributed by atoms with E-state index in [0.29, 0.717) is 12.0 Å². The molecule has 1 aromatic heterocycles. The van der Waals surface area contributed by atoms with Gasteiger partial charge in [-0.3, -0.25) is 0 Å². The highest BCUT2D eigenvalue weighted by atomic mass is 32.2. The number of rotatable bonds is 4. The van der Waals surface area contributed by atoms with Crippen molar-refractivity contribution in [2.45, 2.75) is 44.4 Å². The molecule has 5 heteroatoms. The summed E-state index contributed by atoms with van der Waals surface area (Å²) in [6.07, 6.45) is 2.20. The quantitative estimate of drug-likeness (QED) is 0.875. The van der Waals surface area contributed by atoms with Crippen LogP contribution in [0.3, 0.4) is 0 Å². The highest BCUT2D eigenvalue weighted by molar-refractivity contribution is 7.98. The van der Waals surface area contributed by atoms with Crippen molar-refractivity contribution < 1.29 is 4.52 Å². The molecule has 16 heavy (non-hydrogen) atoms. The number of hydrogen-bond donors (Lipinski definition) is 1. The molecule has 0 amide bonds. The molecule has 1 aliphatic heterocycles. The summed E-state index contributed by atoms with van der Waals surface area (Å²) in [4.78, 5) is 4.48. The Kier molecular flexibility index (Phi) is 4.23. The second-order valence-corrected chi connectivity index (χ2v) is 5.54. The average Bonchev–Trinajstić information content (AvgIpc) is 2.75. The summed E-state index contributed by atoms with van der Waals surface area (Å²) in [6.45, 7) is 5.39. The van der Waals surface area contributed by atoms with Crippen molar-refractivity contribution in [2.24, 2.45) is 0 Å². The monoisotopic (exact) mass is 241 g/mol. The zero-order valence-corrected chi connectivity index (χ0v) is 10.7. The van der Waals surface area contributed by atoms with Gasteiger partial charge in [0.2, 0.25) is 5.89 Å². The lowest BCUT2D eigenvalue weighted by Crippen LogP contribution is -2.34. The van der Waals surface area contributed by atoms with E-state index in [4.69, 9.17) is 4.52 Å². The lowest BCUT2D eigenvalue weighted by Gasteiger charge is -2.25. The van der Waals surface area contributed by atoms with Gasteiger partial charge < -0.3 is 9.84 Å². The van der Waals surface area contributed by atoms with E-state index in [1.807, 2.05) is 11.8 Å². The van der Waals surface area contributed by atoms with Crippen LogP contribution in [0.2, 0.25) is 0 Å². The maximum absolute atomic E-state index is 5.35. The van der Waals surface area contributed by atoms with Crippen molar-refractivity contribution >= 4 is 11.8 Å². The van der Waals surface area contributed by atoms with Gasteiger partial charge in [-0.15, -0.1) is 0 Å². The summed E-state index contributed by atoms with van der Waals surface area (Å²) in [5, 5.41) is 7.46. The number of thioether (sulfide) groups is 1. The third-order valence-electron chi connectivity index (χ3n) is 2.89. The molecular weight excluding hydrogens is 222 g/mol. The number of piperidine rings is 1. The van der Waals surface area contributed by atoms with Crippen molar-refractivity contribution in [1.82, 2.24) is 15.5 Å². The SMILES string of the molecule is CCSCc1noc(C2CCNC(C)C2)n1. The lowest BCUT2D eigenvalue weighted by molar-refractivity contribution is 0.294. The Morgan fingerprint density at radius 1 is 1.56 bits per heavy atom. The van der Waals surface area contributed by atoms with Crippen molar-refractivity contribution in [2.75, 3.05) is 12.3 Å². The van der Waals surface area contributed by atoms with E-state index in [1.54, 1.807) is 0 Å². The summed E-state index contributed by atoms with van der Waals surface area (Å²) in [5.74, 6) is 4.08. The zero-order valence-electron chi connectivity index (χ0n) is 9.90. The molecule has 0 saturated carbocycles. The Hall–Kier alpha value is -0.550. The maximum Gasteiger partial charge on any atom is 0.229 e. The number of hydrogen-bond acceptors (Lipinski definition) is 5. The van der Waals surface area contributed by atoms with E-state index in [9.17, 15) is 0 Å². The largest absolute Gasteiger partial charge is 0.339 e. The van der Waals surface area contributed by atoms with E-state index in [0.717, 1.165) is 42.6 Å². The molecule has 2 heterocycles. The first-order valence-corrected chi connectivity index (χ1v) is 7.08. The summed E-state index contributed by atoms with van der Waals surface area (Å²) < 4.78 is 5.35. The van der Waals surface area contributed by atoms with Crippen LogP contribution in [-0.4, -0.2) is 28.5 Å². The lowest BCUT2D eigenvalue weighted by atomic mass is 9.93. The summed E-state index contributed by atoms with van der Waals surface area (Å²) >= 11 is 1.82. The van der Waals surface area contributed by atoms with Gasteiger partial charge in [-0.25, -0.2) is 0 Å². The molecule has 0 aromatic carbocycles. The van der Waals surface area contributed by atoms with Gasteiger partial charge in [0.1, 0.15) is 0 Å². The van der Waals surface area contributed by atoms with Crippen molar-refractivity contribution in [1.29, 1.82) is 0 Å². The second kappa shape index (κ2) is 5.68. The molecule has 4 nitrogen and oxygen atoms in total. The highest BCUT2D eigenvalue weighted by Gasteiger charge is 2.24.